The Morgan fingerprint density at radius 1 is 1.12 bits per heavy atom. The molecular weight excluding hydrogens is 438 g/mol. The maximum atomic E-state index is 13.5. The second-order valence-electron chi connectivity index (χ2n) is 6.56. The molecule has 0 aromatic heterocycles. The van der Waals surface area contributed by atoms with E-state index < -0.39 is 17.5 Å². The predicted octanol–water partition coefficient (Wildman–Crippen LogP) is 5.71. The molecule has 0 saturated heterocycles. The van der Waals surface area contributed by atoms with E-state index in [2.05, 4.69) is 5.32 Å². The van der Waals surface area contributed by atoms with Crippen molar-refractivity contribution in [3.05, 3.63) is 88.4 Å². The van der Waals surface area contributed by atoms with Crippen molar-refractivity contribution in [3.8, 4) is 17.6 Å². The molecule has 0 aliphatic carbocycles. The average molecular weight is 455 g/mol. The van der Waals surface area contributed by atoms with Crippen molar-refractivity contribution in [1.82, 2.24) is 0 Å². The van der Waals surface area contributed by atoms with Gasteiger partial charge >= 0.3 is 0 Å². The fraction of sp³-hybridized carbons (Fsp3) is 0.0833. The standard InChI is InChI=1S/C24H17ClF2N2O3/c1-31-22-11-15(9-17(13-28)16-3-2-4-19(27)12-16)10-21(25)24(22)32-14-23(30)29-20-7-5-18(26)6-8-20/h2-12H,14H2,1H3,(H,29,30)/b17-9-. The molecule has 0 spiro atoms. The molecule has 0 aliphatic rings. The van der Waals surface area contributed by atoms with Crippen molar-refractivity contribution >= 4 is 34.8 Å². The van der Waals surface area contributed by atoms with Crippen LogP contribution < -0.4 is 14.8 Å². The topological polar surface area (TPSA) is 71.3 Å². The SMILES string of the molecule is COc1cc(/C=C(/C#N)c2cccc(F)c2)cc(Cl)c1OCC(=O)Nc1ccc(F)cc1. The summed E-state index contributed by atoms with van der Waals surface area (Å²) < 4.78 is 37.3. The Bertz CT molecular complexity index is 1200. The zero-order valence-electron chi connectivity index (χ0n) is 16.9. The van der Waals surface area contributed by atoms with Gasteiger partial charge in [-0.3, -0.25) is 4.79 Å². The van der Waals surface area contributed by atoms with Crippen molar-refractivity contribution in [2.45, 2.75) is 0 Å². The Morgan fingerprint density at radius 2 is 1.88 bits per heavy atom. The molecule has 0 heterocycles. The molecule has 5 nitrogen and oxygen atoms in total. The normalized spacial score (nSPS) is 10.9. The number of halogens is 3. The Hall–Kier alpha value is -3.89. The lowest BCUT2D eigenvalue weighted by molar-refractivity contribution is -0.118. The minimum Gasteiger partial charge on any atom is -0.493 e. The summed E-state index contributed by atoms with van der Waals surface area (Å²) >= 11 is 6.32. The molecule has 3 aromatic carbocycles. The van der Waals surface area contributed by atoms with Crippen LogP contribution in [0, 0.1) is 23.0 Å². The quantitative estimate of drug-likeness (QED) is 0.366. The third kappa shape index (κ3) is 5.84. The fourth-order valence-electron chi connectivity index (χ4n) is 2.83. The van der Waals surface area contributed by atoms with E-state index in [4.69, 9.17) is 21.1 Å². The highest BCUT2D eigenvalue weighted by Crippen LogP contribution is 2.37. The second-order valence-corrected chi connectivity index (χ2v) is 6.97. The highest BCUT2D eigenvalue weighted by Gasteiger charge is 2.14. The monoisotopic (exact) mass is 454 g/mol. The molecule has 1 N–H and O–H groups in total. The Kier molecular flexibility index (Phi) is 7.42. The van der Waals surface area contributed by atoms with E-state index in [-0.39, 0.29) is 28.7 Å². The van der Waals surface area contributed by atoms with E-state index in [1.165, 1.54) is 61.7 Å². The Balaban J connectivity index is 1.78. The number of nitriles is 1. The molecule has 0 radical (unpaired) electrons. The lowest BCUT2D eigenvalue weighted by Crippen LogP contribution is -2.20. The molecule has 0 unspecified atom stereocenters. The summed E-state index contributed by atoms with van der Waals surface area (Å²) in [7, 11) is 1.41. The minimum absolute atomic E-state index is 0.143. The first kappa shape index (κ1) is 22.8. The van der Waals surface area contributed by atoms with Crippen molar-refractivity contribution < 1.29 is 23.0 Å². The smallest absolute Gasteiger partial charge is 0.262 e. The van der Waals surface area contributed by atoms with Crippen LogP contribution in [-0.4, -0.2) is 19.6 Å². The zero-order chi connectivity index (χ0) is 23.1. The van der Waals surface area contributed by atoms with Crippen LogP contribution in [0.4, 0.5) is 14.5 Å². The summed E-state index contributed by atoms with van der Waals surface area (Å²) in [6.45, 7) is -0.366. The minimum atomic E-state index is -0.475. The van der Waals surface area contributed by atoms with Crippen LogP contribution in [0.3, 0.4) is 0 Å². The van der Waals surface area contributed by atoms with Gasteiger partial charge in [-0.2, -0.15) is 5.26 Å². The third-order valence-corrected chi connectivity index (χ3v) is 4.58. The van der Waals surface area contributed by atoms with Gasteiger partial charge in [-0.1, -0.05) is 23.7 Å². The van der Waals surface area contributed by atoms with Crippen LogP contribution in [-0.2, 0) is 4.79 Å². The summed E-state index contributed by atoms with van der Waals surface area (Å²) in [6.07, 6.45) is 1.54. The third-order valence-electron chi connectivity index (χ3n) is 4.29. The van der Waals surface area contributed by atoms with Crippen LogP contribution in [0.5, 0.6) is 11.5 Å². The van der Waals surface area contributed by atoms with Gasteiger partial charge in [0.1, 0.15) is 11.6 Å². The van der Waals surface area contributed by atoms with Crippen LogP contribution in [0.1, 0.15) is 11.1 Å². The lowest BCUT2D eigenvalue weighted by atomic mass is 10.0. The summed E-state index contributed by atoms with van der Waals surface area (Å²) in [5, 5.41) is 12.2. The van der Waals surface area contributed by atoms with Gasteiger partial charge < -0.3 is 14.8 Å². The number of ether oxygens (including phenoxy) is 2. The maximum Gasteiger partial charge on any atom is 0.262 e. The number of methoxy groups -OCH3 is 1. The number of nitrogens with zero attached hydrogens (tertiary/aromatic N) is 1. The number of nitrogens with one attached hydrogen (secondary N) is 1. The predicted molar refractivity (Wildman–Crippen MR) is 118 cm³/mol. The summed E-state index contributed by atoms with van der Waals surface area (Å²) in [4.78, 5) is 12.1. The van der Waals surface area contributed by atoms with Crippen LogP contribution in [0.25, 0.3) is 11.6 Å². The molecule has 0 bridgehead atoms. The van der Waals surface area contributed by atoms with Crippen molar-refractivity contribution in [2.24, 2.45) is 0 Å². The first-order valence-electron chi connectivity index (χ1n) is 9.33. The second kappa shape index (κ2) is 10.4. The van der Waals surface area contributed by atoms with E-state index in [0.717, 1.165) is 0 Å². The lowest BCUT2D eigenvalue weighted by Gasteiger charge is -2.13. The number of anilines is 1. The molecular formula is C24H17ClF2N2O3. The molecule has 8 heteroatoms. The molecule has 0 saturated carbocycles. The van der Waals surface area contributed by atoms with E-state index in [0.29, 0.717) is 16.8 Å². The van der Waals surface area contributed by atoms with Gasteiger partial charge in [-0.05, 0) is 65.7 Å². The first-order valence-corrected chi connectivity index (χ1v) is 9.71. The Labute approximate surface area is 188 Å². The molecule has 0 aliphatic heterocycles. The van der Waals surface area contributed by atoms with E-state index in [1.54, 1.807) is 12.1 Å². The number of hydrogen-bond acceptors (Lipinski definition) is 4. The summed E-state index contributed by atoms with van der Waals surface area (Å²) in [5.74, 6) is -0.958. The largest absolute Gasteiger partial charge is 0.493 e. The van der Waals surface area contributed by atoms with Gasteiger partial charge in [0.2, 0.25) is 0 Å². The van der Waals surface area contributed by atoms with Crippen LogP contribution in [0.15, 0.2) is 60.7 Å². The number of carbonyl (C=O) groups excluding carboxylic acids is 1. The highest BCUT2D eigenvalue weighted by atomic mass is 35.5. The molecule has 3 rings (SSSR count). The molecule has 3 aromatic rings. The number of allylic oxidation sites excluding steroid dienone is 1. The van der Waals surface area contributed by atoms with Gasteiger partial charge in [0.15, 0.2) is 18.1 Å². The van der Waals surface area contributed by atoms with E-state index in [1.807, 2.05) is 6.07 Å². The molecule has 0 atom stereocenters. The number of benzene rings is 3. The van der Waals surface area contributed by atoms with E-state index >= 15 is 0 Å². The van der Waals surface area contributed by atoms with Crippen molar-refractivity contribution in [1.29, 1.82) is 5.26 Å². The maximum absolute atomic E-state index is 13.5. The van der Waals surface area contributed by atoms with Crippen LogP contribution in [0.2, 0.25) is 5.02 Å². The number of amides is 1. The van der Waals surface area contributed by atoms with Gasteiger partial charge in [-0.25, -0.2) is 8.78 Å². The fourth-order valence-corrected chi connectivity index (χ4v) is 3.11. The number of carbonyl (C=O) groups is 1. The zero-order valence-corrected chi connectivity index (χ0v) is 17.6. The number of rotatable bonds is 7. The highest BCUT2D eigenvalue weighted by molar-refractivity contribution is 6.32. The van der Waals surface area contributed by atoms with Gasteiger partial charge in [0.05, 0.1) is 23.8 Å². The molecule has 162 valence electrons. The Morgan fingerprint density at radius 3 is 2.53 bits per heavy atom. The van der Waals surface area contributed by atoms with Crippen molar-refractivity contribution in [2.75, 3.05) is 19.0 Å². The average Bonchev–Trinajstić information content (AvgIpc) is 2.78. The van der Waals surface area contributed by atoms with Gasteiger partial charge in [-0.15, -0.1) is 0 Å². The summed E-state index contributed by atoms with van der Waals surface area (Å²) in [5.41, 5.74) is 1.59. The van der Waals surface area contributed by atoms with Crippen LogP contribution >= 0.6 is 11.6 Å². The molecule has 32 heavy (non-hydrogen) atoms. The van der Waals surface area contributed by atoms with Crippen molar-refractivity contribution in [3.63, 3.8) is 0 Å². The number of hydrogen-bond donors (Lipinski definition) is 1. The first-order chi connectivity index (χ1) is 15.4. The van der Waals surface area contributed by atoms with Gasteiger partial charge in [0.25, 0.3) is 5.91 Å². The molecule has 0 fully saturated rings. The molecule has 1 amide bonds. The van der Waals surface area contributed by atoms with E-state index in [9.17, 15) is 18.8 Å². The summed E-state index contributed by atoms with van der Waals surface area (Å²) in [6, 6.07) is 16.1. The van der Waals surface area contributed by atoms with Gasteiger partial charge in [0, 0.05) is 5.69 Å².